The standard InChI is InChI=1S/C23H18F3N5/c24-23(25,26)16-7-5-15(6-8-16)17-13-21(30-11-9-28-10-12-30)31-20-4-2-1-3-19(20)29-22(31)18(17)14-27/h1-8,13,28H,9-12H2. The van der Waals surface area contributed by atoms with Gasteiger partial charge in [0.05, 0.1) is 16.6 Å². The van der Waals surface area contributed by atoms with Gasteiger partial charge in [-0.2, -0.15) is 18.4 Å². The summed E-state index contributed by atoms with van der Waals surface area (Å²) >= 11 is 0. The molecule has 0 saturated carbocycles. The van der Waals surface area contributed by atoms with Gasteiger partial charge in [0.1, 0.15) is 17.5 Å². The number of fused-ring (bicyclic) bond motifs is 3. The quantitative estimate of drug-likeness (QED) is 0.520. The van der Waals surface area contributed by atoms with Crippen LogP contribution in [0.2, 0.25) is 0 Å². The third-order valence-corrected chi connectivity index (χ3v) is 5.63. The largest absolute Gasteiger partial charge is 0.416 e. The van der Waals surface area contributed by atoms with Gasteiger partial charge in [-0.3, -0.25) is 4.40 Å². The van der Waals surface area contributed by atoms with Crippen molar-refractivity contribution in [3.63, 3.8) is 0 Å². The average molecular weight is 421 g/mol. The van der Waals surface area contributed by atoms with Crippen LogP contribution in [0.15, 0.2) is 54.6 Å². The second-order valence-corrected chi connectivity index (χ2v) is 7.47. The number of halogens is 3. The van der Waals surface area contributed by atoms with E-state index in [1.807, 2.05) is 34.7 Å². The highest BCUT2D eigenvalue weighted by Gasteiger charge is 2.30. The first kappa shape index (κ1) is 19.4. The molecular weight excluding hydrogens is 403 g/mol. The van der Waals surface area contributed by atoms with Gasteiger partial charge >= 0.3 is 6.18 Å². The summed E-state index contributed by atoms with van der Waals surface area (Å²) in [7, 11) is 0. The number of nitriles is 1. The van der Waals surface area contributed by atoms with E-state index in [2.05, 4.69) is 16.3 Å². The maximum atomic E-state index is 13.0. The molecule has 5 rings (SSSR count). The Morgan fingerprint density at radius 1 is 1.00 bits per heavy atom. The molecule has 0 bridgehead atoms. The van der Waals surface area contributed by atoms with Crippen LogP contribution in [0.4, 0.5) is 19.0 Å². The van der Waals surface area contributed by atoms with Crippen LogP contribution in [0.1, 0.15) is 11.1 Å². The molecule has 4 aromatic rings. The lowest BCUT2D eigenvalue weighted by Crippen LogP contribution is -2.44. The maximum Gasteiger partial charge on any atom is 0.416 e. The van der Waals surface area contributed by atoms with Gasteiger partial charge < -0.3 is 10.2 Å². The summed E-state index contributed by atoms with van der Waals surface area (Å²) in [6.45, 7) is 3.20. The lowest BCUT2D eigenvalue weighted by atomic mass is 9.99. The van der Waals surface area contributed by atoms with Crippen molar-refractivity contribution in [2.45, 2.75) is 6.18 Å². The maximum absolute atomic E-state index is 13.0. The Hall–Kier alpha value is -3.57. The fraction of sp³-hybridized carbons (Fsp3) is 0.217. The Kier molecular flexibility index (Phi) is 4.56. The highest BCUT2D eigenvalue weighted by Crippen LogP contribution is 2.36. The van der Waals surface area contributed by atoms with Crippen LogP contribution < -0.4 is 10.2 Å². The Labute approximate surface area is 176 Å². The Bertz CT molecular complexity index is 1310. The number of benzene rings is 2. The highest BCUT2D eigenvalue weighted by molar-refractivity contribution is 5.89. The van der Waals surface area contributed by atoms with Crippen molar-refractivity contribution in [1.82, 2.24) is 14.7 Å². The van der Waals surface area contributed by atoms with Gasteiger partial charge in [-0.1, -0.05) is 24.3 Å². The molecule has 0 atom stereocenters. The van der Waals surface area contributed by atoms with Crippen molar-refractivity contribution in [2.24, 2.45) is 0 Å². The first-order valence-electron chi connectivity index (χ1n) is 9.95. The van der Waals surface area contributed by atoms with Crippen molar-refractivity contribution in [2.75, 3.05) is 31.1 Å². The molecule has 1 aliphatic rings. The van der Waals surface area contributed by atoms with Gasteiger partial charge in [0.2, 0.25) is 0 Å². The lowest BCUT2D eigenvalue weighted by Gasteiger charge is -2.30. The molecule has 8 heteroatoms. The fourth-order valence-corrected chi connectivity index (χ4v) is 4.12. The van der Waals surface area contributed by atoms with Gasteiger partial charge in [-0.25, -0.2) is 4.98 Å². The number of imidazole rings is 1. The van der Waals surface area contributed by atoms with E-state index >= 15 is 0 Å². The van der Waals surface area contributed by atoms with Crippen molar-refractivity contribution in [3.8, 4) is 17.2 Å². The summed E-state index contributed by atoms with van der Waals surface area (Å²) in [6, 6.07) is 16.7. The number of rotatable bonds is 2. The van der Waals surface area contributed by atoms with Crippen molar-refractivity contribution < 1.29 is 13.2 Å². The summed E-state index contributed by atoms with van der Waals surface area (Å²) in [5.41, 5.74) is 2.92. The molecule has 0 radical (unpaired) electrons. The molecular formula is C23H18F3N5. The smallest absolute Gasteiger partial charge is 0.355 e. The second-order valence-electron chi connectivity index (χ2n) is 7.47. The molecule has 2 aromatic heterocycles. The first-order chi connectivity index (χ1) is 15.0. The number of aromatic nitrogens is 2. The van der Waals surface area contributed by atoms with E-state index in [4.69, 9.17) is 4.98 Å². The van der Waals surface area contributed by atoms with Gasteiger partial charge in [-0.15, -0.1) is 0 Å². The molecule has 156 valence electrons. The van der Waals surface area contributed by atoms with Crippen LogP contribution in [0.5, 0.6) is 0 Å². The number of anilines is 1. The van der Waals surface area contributed by atoms with Crippen LogP contribution in [0.3, 0.4) is 0 Å². The molecule has 2 aromatic carbocycles. The second kappa shape index (κ2) is 7.29. The van der Waals surface area contributed by atoms with Crippen molar-refractivity contribution in [1.29, 1.82) is 5.26 Å². The van der Waals surface area contributed by atoms with Crippen LogP contribution in [0.25, 0.3) is 27.8 Å². The normalized spacial score (nSPS) is 14.8. The molecule has 1 aliphatic heterocycles. The highest BCUT2D eigenvalue weighted by atomic mass is 19.4. The van der Waals surface area contributed by atoms with Crippen LogP contribution in [-0.2, 0) is 6.18 Å². The SMILES string of the molecule is N#Cc1c(-c2ccc(C(F)(F)F)cc2)cc(N2CCNCC2)n2c1nc1ccccc12. The monoisotopic (exact) mass is 421 g/mol. The first-order valence-corrected chi connectivity index (χ1v) is 9.95. The van der Waals surface area contributed by atoms with Crippen molar-refractivity contribution >= 4 is 22.5 Å². The molecule has 5 nitrogen and oxygen atoms in total. The number of alkyl halides is 3. The minimum Gasteiger partial charge on any atom is -0.355 e. The fourth-order valence-electron chi connectivity index (χ4n) is 4.12. The average Bonchev–Trinajstić information content (AvgIpc) is 3.17. The zero-order valence-electron chi connectivity index (χ0n) is 16.4. The van der Waals surface area contributed by atoms with E-state index in [0.29, 0.717) is 22.3 Å². The van der Waals surface area contributed by atoms with E-state index in [0.717, 1.165) is 55.2 Å². The molecule has 1 N–H and O–H groups in total. The van der Waals surface area contributed by atoms with E-state index in [1.54, 1.807) is 0 Å². The number of nitrogens with one attached hydrogen (secondary N) is 1. The van der Waals surface area contributed by atoms with E-state index in [1.165, 1.54) is 12.1 Å². The summed E-state index contributed by atoms with van der Waals surface area (Å²) in [6.07, 6.45) is -4.41. The minimum absolute atomic E-state index is 0.342. The third kappa shape index (κ3) is 3.27. The van der Waals surface area contributed by atoms with E-state index in [9.17, 15) is 18.4 Å². The zero-order chi connectivity index (χ0) is 21.6. The number of hydrogen-bond donors (Lipinski definition) is 1. The van der Waals surface area contributed by atoms with Gasteiger partial charge in [0.25, 0.3) is 0 Å². The molecule has 31 heavy (non-hydrogen) atoms. The van der Waals surface area contributed by atoms with Gasteiger partial charge in [-0.05, 0) is 35.9 Å². The number of nitrogens with zero attached hydrogens (tertiary/aromatic N) is 4. The molecule has 0 unspecified atom stereocenters. The summed E-state index contributed by atoms with van der Waals surface area (Å²) < 4.78 is 41.0. The number of para-hydroxylation sites is 2. The van der Waals surface area contributed by atoms with Gasteiger partial charge in [0, 0.05) is 31.7 Å². The molecule has 0 amide bonds. The van der Waals surface area contributed by atoms with Crippen molar-refractivity contribution in [3.05, 3.63) is 65.7 Å². The molecule has 1 saturated heterocycles. The molecule has 3 heterocycles. The molecule has 1 fully saturated rings. The summed E-state index contributed by atoms with van der Waals surface area (Å²) in [4.78, 5) is 6.92. The Morgan fingerprint density at radius 2 is 1.71 bits per heavy atom. The number of piperazine rings is 1. The van der Waals surface area contributed by atoms with Crippen LogP contribution in [0, 0.1) is 11.3 Å². The van der Waals surface area contributed by atoms with Gasteiger partial charge in [0.15, 0.2) is 5.65 Å². The number of hydrogen-bond acceptors (Lipinski definition) is 4. The number of pyridine rings is 1. The lowest BCUT2D eigenvalue weighted by molar-refractivity contribution is -0.137. The summed E-state index contributed by atoms with van der Waals surface area (Å²) in [5.74, 6) is 0.874. The molecule has 0 aliphatic carbocycles. The Morgan fingerprint density at radius 3 is 2.39 bits per heavy atom. The third-order valence-electron chi connectivity index (χ3n) is 5.63. The van der Waals surface area contributed by atoms with E-state index < -0.39 is 11.7 Å². The zero-order valence-corrected chi connectivity index (χ0v) is 16.4. The predicted molar refractivity (Wildman–Crippen MR) is 113 cm³/mol. The van der Waals surface area contributed by atoms with Crippen LogP contribution >= 0.6 is 0 Å². The van der Waals surface area contributed by atoms with E-state index in [-0.39, 0.29) is 0 Å². The topological polar surface area (TPSA) is 56.4 Å². The predicted octanol–water partition coefficient (Wildman–Crippen LogP) is 4.45. The summed E-state index contributed by atoms with van der Waals surface area (Å²) in [5, 5.41) is 13.3. The Balaban J connectivity index is 1.79. The minimum atomic E-state index is -4.41. The molecule has 0 spiro atoms. The van der Waals surface area contributed by atoms with Crippen LogP contribution in [-0.4, -0.2) is 35.6 Å².